The van der Waals surface area contributed by atoms with Crippen LogP contribution in [-0.4, -0.2) is 4.98 Å². The molecule has 1 heterocycles. The highest BCUT2D eigenvalue weighted by atomic mass is 14.7. The van der Waals surface area contributed by atoms with Crippen molar-refractivity contribution in [2.45, 2.75) is 67.2 Å². The fourth-order valence-electron chi connectivity index (χ4n) is 3.02. The third-order valence-corrected chi connectivity index (χ3v) is 4.56. The molecular weight excluding hydrogens is 266 g/mol. The van der Waals surface area contributed by atoms with Crippen molar-refractivity contribution in [2.24, 2.45) is 5.41 Å². The smallest absolute Gasteiger partial charge is 0.0462 e. The van der Waals surface area contributed by atoms with Gasteiger partial charge in [-0.15, -0.1) is 0 Å². The molecule has 120 valence electrons. The zero-order valence-electron chi connectivity index (χ0n) is 15.5. The van der Waals surface area contributed by atoms with Crippen molar-refractivity contribution in [3.05, 3.63) is 40.6 Å². The molecule has 0 fully saturated rings. The molecule has 0 unspecified atom stereocenters. The Labute approximate surface area is 135 Å². The van der Waals surface area contributed by atoms with Gasteiger partial charge in [-0.3, -0.25) is 0 Å². The van der Waals surface area contributed by atoms with Crippen molar-refractivity contribution in [1.29, 1.82) is 0 Å². The average Bonchev–Trinajstić information content (AvgIpc) is 2.68. The number of benzene rings is 1. The van der Waals surface area contributed by atoms with E-state index < -0.39 is 0 Å². The lowest BCUT2D eigenvalue weighted by atomic mass is 9.83. The lowest BCUT2D eigenvalue weighted by molar-refractivity contribution is 0.492. The van der Waals surface area contributed by atoms with Crippen molar-refractivity contribution in [3.63, 3.8) is 0 Å². The normalized spacial score (nSPS) is 13.9. The minimum absolute atomic E-state index is 0.179. The Morgan fingerprint density at radius 2 is 1.73 bits per heavy atom. The van der Waals surface area contributed by atoms with E-state index in [2.05, 4.69) is 84.6 Å². The van der Waals surface area contributed by atoms with Gasteiger partial charge in [-0.2, -0.15) is 0 Å². The van der Waals surface area contributed by atoms with E-state index in [0.717, 1.165) is 6.42 Å². The monoisotopic (exact) mass is 297 g/mol. The van der Waals surface area contributed by atoms with Crippen LogP contribution in [0.3, 0.4) is 0 Å². The van der Waals surface area contributed by atoms with Crippen LogP contribution in [0.4, 0.5) is 0 Å². The predicted molar refractivity (Wildman–Crippen MR) is 99.5 cm³/mol. The van der Waals surface area contributed by atoms with Gasteiger partial charge in [0.25, 0.3) is 0 Å². The van der Waals surface area contributed by atoms with Gasteiger partial charge in [-0.25, -0.2) is 0 Å². The first-order chi connectivity index (χ1) is 10.0. The summed E-state index contributed by atoms with van der Waals surface area (Å²) >= 11 is 0. The molecule has 0 saturated carbocycles. The van der Waals surface area contributed by atoms with Crippen LogP contribution in [-0.2, 0) is 5.41 Å². The van der Waals surface area contributed by atoms with Gasteiger partial charge in [0.1, 0.15) is 0 Å². The van der Waals surface area contributed by atoms with Crippen molar-refractivity contribution in [1.82, 2.24) is 4.98 Å². The Morgan fingerprint density at radius 3 is 2.23 bits per heavy atom. The van der Waals surface area contributed by atoms with Gasteiger partial charge in [0.05, 0.1) is 0 Å². The molecule has 0 radical (unpaired) electrons. The van der Waals surface area contributed by atoms with Crippen molar-refractivity contribution < 1.29 is 0 Å². The highest BCUT2D eigenvalue weighted by Gasteiger charge is 2.19. The van der Waals surface area contributed by atoms with Crippen LogP contribution < -0.4 is 0 Å². The Morgan fingerprint density at radius 1 is 1.09 bits per heavy atom. The maximum atomic E-state index is 3.54. The minimum atomic E-state index is 0.179. The van der Waals surface area contributed by atoms with E-state index in [9.17, 15) is 0 Å². The van der Waals surface area contributed by atoms with Gasteiger partial charge in [-0.05, 0) is 41.9 Å². The second-order valence-corrected chi connectivity index (χ2v) is 8.45. The van der Waals surface area contributed by atoms with Gasteiger partial charge in [0, 0.05) is 22.2 Å². The lowest BCUT2D eigenvalue weighted by Gasteiger charge is -2.22. The molecule has 2 rings (SSSR count). The van der Waals surface area contributed by atoms with Crippen LogP contribution in [0.25, 0.3) is 17.0 Å². The summed E-state index contributed by atoms with van der Waals surface area (Å²) in [7, 11) is 0. The fourth-order valence-corrected chi connectivity index (χ4v) is 3.02. The molecule has 1 N–H and O–H groups in total. The van der Waals surface area contributed by atoms with Crippen LogP contribution >= 0.6 is 0 Å². The molecule has 0 spiro atoms. The van der Waals surface area contributed by atoms with Gasteiger partial charge < -0.3 is 4.98 Å². The molecule has 1 aromatic carbocycles. The summed E-state index contributed by atoms with van der Waals surface area (Å²) in [5, 5.41) is 1.35. The van der Waals surface area contributed by atoms with Crippen LogP contribution in [0.5, 0.6) is 0 Å². The zero-order valence-corrected chi connectivity index (χ0v) is 15.5. The molecule has 0 atom stereocenters. The highest BCUT2D eigenvalue weighted by molar-refractivity contribution is 5.91. The molecule has 1 aromatic heterocycles. The van der Waals surface area contributed by atoms with Crippen LogP contribution in [0.15, 0.2) is 23.8 Å². The largest absolute Gasteiger partial charge is 0.358 e. The second kappa shape index (κ2) is 5.61. The molecule has 0 saturated heterocycles. The van der Waals surface area contributed by atoms with Crippen LogP contribution in [0.2, 0.25) is 0 Å². The van der Waals surface area contributed by atoms with E-state index in [-0.39, 0.29) is 10.8 Å². The first kappa shape index (κ1) is 16.9. The molecule has 1 nitrogen and oxygen atoms in total. The number of allylic oxidation sites excluding steroid dienone is 1. The van der Waals surface area contributed by atoms with Crippen LogP contribution in [0, 0.1) is 12.3 Å². The number of H-pyrrole nitrogens is 1. The summed E-state index contributed by atoms with van der Waals surface area (Å²) in [5.74, 6) is 0. The summed E-state index contributed by atoms with van der Waals surface area (Å²) in [6.07, 6.45) is 3.50. The SMILES string of the molecule is CCC(=Cc1c(C)[nH]c2ccc(C(C)(C)C)cc12)C(C)(C)C. The van der Waals surface area contributed by atoms with Crippen LogP contribution in [0.1, 0.15) is 71.7 Å². The second-order valence-electron chi connectivity index (χ2n) is 8.45. The quantitative estimate of drug-likeness (QED) is 0.641. The van der Waals surface area contributed by atoms with E-state index in [0.29, 0.717) is 0 Å². The molecule has 0 aliphatic heterocycles. The lowest BCUT2D eigenvalue weighted by Crippen LogP contribution is -2.10. The number of nitrogens with one attached hydrogen (secondary N) is 1. The number of aromatic nitrogens is 1. The van der Waals surface area contributed by atoms with E-state index in [1.807, 2.05) is 0 Å². The van der Waals surface area contributed by atoms with Gasteiger partial charge >= 0.3 is 0 Å². The Balaban J connectivity index is 2.68. The summed E-state index contributed by atoms with van der Waals surface area (Å²) in [6, 6.07) is 6.83. The Kier molecular flexibility index (Phi) is 4.30. The third kappa shape index (κ3) is 3.29. The number of hydrogen-bond donors (Lipinski definition) is 1. The number of fused-ring (bicyclic) bond motifs is 1. The maximum Gasteiger partial charge on any atom is 0.0462 e. The topological polar surface area (TPSA) is 15.8 Å². The summed E-state index contributed by atoms with van der Waals surface area (Å²) in [6.45, 7) is 18.1. The molecule has 0 aliphatic carbocycles. The molecular formula is C21H31N. The zero-order chi connectivity index (χ0) is 16.7. The van der Waals surface area contributed by atoms with Crippen molar-refractivity contribution in [2.75, 3.05) is 0 Å². The number of aromatic amines is 1. The summed E-state index contributed by atoms with van der Waals surface area (Å²) in [5.41, 5.74) is 7.13. The fraction of sp³-hybridized carbons (Fsp3) is 0.524. The molecule has 0 aliphatic rings. The van der Waals surface area contributed by atoms with Gasteiger partial charge in [0.2, 0.25) is 0 Å². The van der Waals surface area contributed by atoms with Crippen molar-refractivity contribution >= 4 is 17.0 Å². The maximum absolute atomic E-state index is 3.54. The number of aryl methyl sites for hydroxylation is 1. The number of hydrogen-bond acceptors (Lipinski definition) is 0. The number of rotatable bonds is 2. The molecule has 2 aromatic rings. The van der Waals surface area contributed by atoms with Gasteiger partial charge in [0.15, 0.2) is 0 Å². The van der Waals surface area contributed by atoms with E-state index in [1.54, 1.807) is 0 Å². The molecule has 1 heteroatoms. The first-order valence-corrected chi connectivity index (χ1v) is 8.38. The summed E-state index contributed by atoms with van der Waals surface area (Å²) in [4.78, 5) is 3.54. The van der Waals surface area contributed by atoms with E-state index >= 15 is 0 Å². The molecule has 0 bridgehead atoms. The van der Waals surface area contributed by atoms with E-state index in [4.69, 9.17) is 0 Å². The highest BCUT2D eigenvalue weighted by Crippen LogP contribution is 2.34. The van der Waals surface area contributed by atoms with Gasteiger partial charge in [-0.1, -0.05) is 66.2 Å². The standard InChI is InChI=1S/C21H31N/c1-9-15(20(3,4)5)12-17-14(2)22-19-11-10-16(13-18(17)19)21(6,7)8/h10-13,22H,9H2,1-8H3. The van der Waals surface area contributed by atoms with Crippen molar-refractivity contribution in [3.8, 4) is 0 Å². The molecule has 22 heavy (non-hydrogen) atoms. The summed E-state index contributed by atoms with van der Waals surface area (Å²) < 4.78 is 0. The third-order valence-electron chi connectivity index (χ3n) is 4.56. The Bertz CT molecular complexity index is 700. The minimum Gasteiger partial charge on any atom is -0.358 e. The van der Waals surface area contributed by atoms with E-state index in [1.165, 1.54) is 33.3 Å². The molecule has 0 amide bonds. The predicted octanol–water partition coefficient (Wildman–Crippen LogP) is 6.61. The Hall–Kier alpha value is -1.50. The first-order valence-electron chi connectivity index (χ1n) is 8.38. The average molecular weight is 297 g/mol.